The van der Waals surface area contributed by atoms with Crippen LogP contribution in [0.3, 0.4) is 0 Å². The van der Waals surface area contributed by atoms with Gasteiger partial charge in [-0.25, -0.2) is 0 Å². The molecule has 3 aromatic carbocycles. The number of ketones is 1. The van der Waals surface area contributed by atoms with E-state index in [0.717, 1.165) is 12.0 Å². The predicted molar refractivity (Wildman–Crippen MR) is 147 cm³/mol. The SMILES string of the molecule is CCCOc1cccc(/C(O)=C2\C(=O)C(=O)N(c3ccc(OCC)c(OCC)c3)C2c2cccc(C)c2)c1. The monoisotopic (exact) mass is 515 g/mol. The van der Waals surface area contributed by atoms with Crippen LogP contribution >= 0.6 is 0 Å². The second-order valence-electron chi connectivity index (χ2n) is 8.96. The molecular formula is C31H33NO6. The minimum atomic E-state index is -0.845. The molecule has 0 radical (unpaired) electrons. The highest BCUT2D eigenvalue weighted by atomic mass is 16.5. The van der Waals surface area contributed by atoms with Crippen LogP contribution in [-0.2, 0) is 9.59 Å². The first kappa shape index (κ1) is 26.8. The summed E-state index contributed by atoms with van der Waals surface area (Å²) in [5, 5.41) is 11.5. The summed E-state index contributed by atoms with van der Waals surface area (Å²) in [5.41, 5.74) is 2.54. The van der Waals surface area contributed by atoms with Crippen molar-refractivity contribution in [3.05, 3.63) is 89.0 Å². The normalized spacial score (nSPS) is 16.5. The van der Waals surface area contributed by atoms with Crippen molar-refractivity contribution in [3.63, 3.8) is 0 Å². The van der Waals surface area contributed by atoms with E-state index >= 15 is 0 Å². The first-order valence-electron chi connectivity index (χ1n) is 12.9. The van der Waals surface area contributed by atoms with Gasteiger partial charge in [0.05, 0.1) is 31.4 Å². The number of hydrogen-bond acceptors (Lipinski definition) is 6. The Balaban J connectivity index is 1.89. The number of aliphatic hydroxyl groups excluding tert-OH is 1. The van der Waals surface area contributed by atoms with Crippen molar-refractivity contribution in [2.24, 2.45) is 0 Å². The number of carbonyl (C=O) groups excluding carboxylic acids is 2. The lowest BCUT2D eigenvalue weighted by atomic mass is 9.94. The van der Waals surface area contributed by atoms with Crippen molar-refractivity contribution in [1.82, 2.24) is 0 Å². The average Bonchev–Trinajstić information content (AvgIpc) is 3.18. The Morgan fingerprint density at radius 3 is 2.32 bits per heavy atom. The highest BCUT2D eigenvalue weighted by Crippen LogP contribution is 2.44. The summed E-state index contributed by atoms with van der Waals surface area (Å²) >= 11 is 0. The maximum Gasteiger partial charge on any atom is 0.300 e. The summed E-state index contributed by atoms with van der Waals surface area (Å²) in [5.74, 6) is -0.160. The third kappa shape index (κ3) is 5.37. The van der Waals surface area contributed by atoms with Crippen LogP contribution in [0.15, 0.2) is 72.3 Å². The molecule has 1 heterocycles. The van der Waals surface area contributed by atoms with Crippen LogP contribution in [-0.4, -0.2) is 36.6 Å². The maximum atomic E-state index is 13.5. The third-order valence-corrected chi connectivity index (χ3v) is 6.19. The maximum absolute atomic E-state index is 13.5. The number of Topliss-reactive ketones (excluding diaryl/α,β-unsaturated/α-hetero) is 1. The molecule has 1 unspecified atom stereocenters. The van der Waals surface area contributed by atoms with Gasteiger partial charge in [0.15, 0.2) is 11.5 Å². The largest absolute Gasteiger partial charge is 0.507 e. The molecule has 1 atom stereocenters. The van der Waals surface area contributed by atoms with E-state index in [1.165, 1.54) is 4.90 Å². The molecule has 1 aliphatic heterocycles. The van der Waals surface area contributed by atoms with E-state index in [4.69, 9.17) is 14.2 Å². The van der Waals surface area contributed by atoms with Crippen molar-refractivity contribution < 1.29 is 28.9 Å². The number of hydrogen-bond donors (Lipinski definition) is 1. The summed E-state index contributed by atoms with van der Waals surface area (Å²) < 4.78 is 17.2. The van der Waals surface area contributed by atoms with E-state index in [9.17, 15) is 14.7 Å². The highest BCUT2D eigenvalue weighted by molar-refractivity contribution is 6.51. The molecule has 0 spiro atoms. The number of rotatable bonds is 10. The minimum absolute atomic E-state index is 0.0140. The van der Waals surface area contributed by atoms with Crippen LogP contribution in [0.1, 0.15) is 49.9 Å². The first-order chi connectivity index (χ1) is 18.4. The molecule has 0 bridgehead atoms. The van der Waals surface area contributed by atoms with Crippen LogP contribution in [0.2, 0.25) is 0 Å². The van der Waals surface area contributed by atoms with Gasteiger partial charge in [-0.15, -0.1) is 0 Å². The van der Waals surface area contributed by atoms with E-state index in [2.05, 4.69) is 0 Å². The zero-order valence-electron chi connectivity index (χ0n) is 22.2. The molecule has 0 aliphatic carbocycles. The molecule has 3 aromatic rings. The molecule has 1 saturated heterocycles. The van der Waals surface area contributed by atoms with Gasteiger partial charge in [0, 0.05) is 17.3 Å². The number of ether oxygens (including phenoxy) is 3. The lowest BCUT2D eigenvalue weighted by Gasteiger charge is -2.26. The number of aryl methyl sites for hydroxylation is 1. The van der Waals surface area contributed by atoms with Crippen molar-refractivity contribution in [1.29, 1.82) is 0 Å². The topological polar surface area (TPSA) is 85.3 Å². The quantitative estimate of drug-likeness (QED) is 0.196. The predicted octanol–water partition coefficient (Wildman–Crippen LogP) is 6.21. The van der Waals surface area contributed by atoms with Crippen molar-refractivity contribution in [2.45, 2.75) is 40.2 Å². The van der Waals surface area contributed by atoms with Gasteiger partial charge in [0.2, 0.25) is 0 Å². The Morgan fingerprint density at radius 1 is 0.868 bits per heavy atom. The Kier molecular flexibility index (Phi) is 8.36. The van der Waals surface area contributed by atoms with Gasteiger partial charge in [0.25, 0.3) is 11.7 Å². The smallest absolute Gasteiger partial charge is 0.300 e. The molecule has 7 heteroatoms. The summed E-state index contributed by atoms with van der Waals surface area (Å²) in [7, 11) is 0. The number of amides is 1. The molecule has 38 heavy (non-hydrogen) atoms. The van der Waals surface area contributed by atoms with E-state index < -0.39 is 17.7 Å². The third-order valence-electron chi connectivity index (χ3n) is 6.19. The second-order valence-corrected chi connectivity index (χ2v) is 8.96. The van der Waals surface area contributed by atoms with Gasteiger partial charge in [-0.05, 0) is 57.0 Å². The summed E-state index contributed by atoms with van der Waals surface area (Å²) in [6.45, 7) is 9.06. The summed E-state index contributed by atoms with van der Waals surface area (Å²) in [6, 6.07) is 18.8. The molecule has 1 fully saturated rings. The zero-order valence-corrected chi connectivity index (χ0v) is 22.2. The van der Waals surface area contributed by atoms with Crippen LogP contribution < -0.4 is 19.1 Å². The standard InChI is InChI=1S/C31H33NO6/c1-5-16-38-24-13-9-12-22(18-24)29(33)27-28(21-11-8-10-20(4)17-21)32(31(35)30(27)34)23-14-15-25(36-6-2)26(19-23)37-7-3/h8-15,17-19,28,33H,5-7,16H2,1-4H3/b29-27+. The Labute approximate surface area is 223 Å². The fraction of sp³-hybridized carbons (Fsp3) is 0.290. The first-order valence-corrected chi connectivity index (χ1v) is 12.9. The van der Waals surface area contributed by atoms with Gasteiger partial charge < -0.3 is 19.3 Å². The van der Waals surface area contributed by atoms with Crippen LogP contribution in [0.4, 0.5) is 5.69 Å². The fourth-order valence-electron chi connectivity index (χ4n) is 4.55. The molecule has 4 rings (SSSR count). The minimum Gasteiger partial charge on any atom is -0.507 e. The van der Waals surface area contributed by atoms with E-state index in [1.807, 2.05) is 52.0 Å². The Bertz CT molecular complexity index is 1360. The molecule has 0 saturated carbocycles. The van der Waals surface area contributed by atoms with Crippen molar-refractivity contribution in [3.8, 4) is 17.2 Å². The summed E-state index contributed by atoms with van der Waals surface area (Å²) in [6.07, 6.45) is 0.834. The van der Waals surface area contributed by atoms with Gasteiger partial charge in [-0.1, -0.05) is 48.9 Å². The van der Waals surface area contributed by atoms with Gasteiger partial charge in [0.1, 0.15) is 11.5 Å². The molecule has 7 nitrogen and oxygen atoms in total. The molecule has 1 aliphatic rings. The molecule has 198 valence electrons. The van der Waals surface area contributed by atoms with E-state index in [0.29, 0.717) is 53.9 Å². The van der Waals surface area contributed by atoms with Crippen LogP contribution in [0, 0.1) is 6.92 Å². The molecule has 0 aromatic heterocycles. The number of anilines is 1. The Morgan fingerprint density at radius 2 is 1.61 bits per heavy atom. The number of aliphatic hydroxyl groups is 1. The number of carbonyl (C=O) groups is 2. The highest BCUT2D eigenvalue weighted by Gasteiger charge is 2.47. The molecular weight excluding hydrogens is 482 g/mol. The summed E-state index contributed by atoms with van der Waals surface area (Å²) in [4.78, 5) is 28.5. The number of nitrogens with zero attached hydrogens (tertiary/aromatic N) is 1. The van der Waals surface area contributed by atoms with Crippen molar-refractivity contribution in [2.75, 3.05) is 24.7 Å². The molecule has 1 amide bonds. The van der Waals surface area contributed by atoms with Crippen LogP contribution in [0.5, 0.6) is 17.2 Å². The van der Waals surface area contributed by atoms with Crippen molar-refractivity contribution >= 4 is 23.1 Å². The Hall–Kier alpha value is -4.26. The van der Waals surface area contributed by atoms with Gasteiger partial charge in [-0.2, -0.15) is 0 Å². The lowest BCUT2D eigenvalue weighted by Crippen LogP contribution is -2.29. The molecule has 1 N–H and O–H groups in total. The fourth-order valence-corrected chi connectivity index (χ4v) is 4.55. The van der Waals surface area contributed by atoms with E-state index in [1.54, 1.807) is 42.5 Å². The van der Waals surface area contributed by atoms with Gasteiger partial charge >= 0.3 is 0 Å². The number of benzene rings is 3. The zero-order chi connectivity index (χ0) is 27.2. The van der Waals surface area contributed by atoms with Gasteiger partial charge in [-0.3, -0.25) is 14.5 Å². The second kappa shape index (κ2) is 11.9. The van der Waals surface area contributed by atoms with Crippen LogP contribution in [0.25, 0.3) is 5.76 Å². The lowest BCUT2D eigenvalue weighted by molar-refractivity contribution is -0.132. The average molecular weight is 516 g/mol. The van der Waals surface area contributed by atoms with E-state index in [-0.39, 0.29) is 11.3 Å².